The van der Waals surface area contributed by atoms with Gasteiger partial charge in [0, 0.05) is 15.6 Å². The number of benzene rings is 1. The molecule has 0 aliphatic rings. The number of rotatable bonds is 1. The first-order chi connectivity index (χ1) is 6.18. The molecule has 2 aromatic rings. The number of fused-ring (bicyclic) bond motifs is 1. The topological polar surface area (TPSA) is 36.0 Å². The molecular formula is C10H10BrNO. The molecule has 0 aliphatic heterocycles. The van der Waals surface area contributed by atoms with Crippen LogP contribution in [0.5, 0.6) is 0 Å². The Morgan fingerprint density at radius 2 is 2.23 bits per heavy atom. The standard InChI is InChI=1S/C10H10BrNO/c1-6(13)9-5-7-3-2-4-8(11)10(7)12-9/h2-6,12-13H,1H3. The predicted octanol–water partition coefficient (Wildman–Crippen LogP) is 2.98. The van der Waals surface area contributed by atoms with Gasteiger partial charge in [0.1, 0.15) is 0 Å². The lowest BCUT2D eigenvalue weighted by Crippen LogP contribution is -1.89. The van der Waals surface area contributed by atoms with E-state index in [-0.39, 0.29) is 0 Å². The van der Waals surface area contributed by atoms with Gasteiger partial charge in [0.2, 0.25) is 0 Å². The van der Waals surface area contributed by atoms with Gasteiger partial charge >= 0.3 is 0 Å². The number of aliphatic hydroxyl groups is 1. The van der Waals surface area contributed by atoms with Crippen molar-refractivity contribution < 1.29 is 5.11 Å². The third kappa shape index (κ3) is 1.49. The quantitative estimate of drug-likeness (QED) is 0.789. The van der Waals surface area contributed by atoms with Gasteiger partial charge in [-0.25, -0.2) is 0 Å². The van der Waals surface area contributed by atoms with E-state index in [0.29, 0.717) is 0 Å². The average Bonchev–Trinajstić information content (AvgIpc) is 2.49. The van der Waals surface area contributed by atoms with E-state index >= 15 is 0 Å². The summed E-state index contributed by atoms with van der Waals surface area (Å²) in [5.74, 6) is 0. The summed E-state index contributed by atoms with van der Waals surface area (Å²) in [6.45, 7) is 1.75. The zero-order valence-electron chi connectivity index (χ0n) is 7.21. The normalized spacial score (nSPS) is 13.5. The van der Waals surface area contributed by atoms with Crippen LogP contribution in [0.2, 0.25) is 0 Å². The van der Waals surface area contributed by atoms with Crippen LogP contribution in [0, 0.1) is 0 Å². The number of nitrogens with one attached hydrogen (secondary N) is 1. The van der Waals surface area contributed by atoms with Crippen molar-refractivity contribution in [3.63, 3.8) is 0 Å². The lowest BCUT2D eigenvalue weighted by Gasteiger charge is -1.97. The number of para-hydroxylation sites is 1. The molecule has 1 atom stereocenters. The van der Waals surface area contributed by atoms with E-state index in [1.165, 1.54) is 0 Å². The summed E-state index contributed by atoms with van der Waals surface area (Å²) >= 11 is 3.45. The highest BCUT2D eigenvalue weighted by molar-refractivity contribution is 9.10. The molecule has 0 bridgehead atoms. The van der Waals surface area contributed by atoms with E-state index in [1.807, 2.05) is 24.3 Å². The molecule has 2 N–H and O–H groups in total. The van der Waals surface area contributed by atoms with Crippen molar-refractivity contribution in [3.8, 4) is 0 Å². The molecule has 13 heavy (non-hydrogen) atoms. The van der Waals surface area contributed by atoms with E-state index < -0.39 is 6.10 Å². The number of aliphatic hydroxyl groups excluding tert-OH is 1. The molecule has 1 aromatic carbocycles. The predicted molar refractivity (Wildman–Crippen MR) is 56.6 cm³/mol. The molecule has 2 rings (SSSR count). The summed E-state index contributed by atoms with van der Waals surface area (Å²) in [5.41, 5.74) is 1.89. The van der Waals surface area contributed by atoms with Crippen LogP contribution < -0.4 is 0 Å². The van der Waals surface area contributed by atoms with E-state index in [9.17, 15) is 5.11 Å². The first-order valence-corrected chi connectivity index (χ1v) is 4.93. The Hall–Kier alpha value is -0.800. The van der Waals surface area contributed by atoms with Gasteiger partial charge in [-0.15, -0.1) is 0 Å². The molecule has 1 unspecified atom stereocenters. The lowest BCUT2D eigenvalue weighted by atomic mass is 10.2. The Balaban J connectivity index is 2.68. The van der Waals surface area contributed by atoms with Gasteiger partial charge in [0.15, 0.2) is 0 Å². The maximum atomic E-state index is 9.37. The number of halogens is 1. The monoisotopic (exact) mass is 239 g/mol. The summed E-state index contributed by atoms with van der Waals surface area (Å²) < 4.78 is 1.02. The van der Waals surface area contributed by atoms with Crippen LogP contribution in [-0.2, 0) is 0 Å². The molecule has 0 fully saturated rings. The maximum Gasteiger partial charge on any atom is 0.0910 e. The van der Waals surface area contributed by atoms with Crippen LogP contribution in [0.4, 0.5) is 0 Å². The van der Waals surface area contributed by atoms with Gasteiger partial charge in [-0.1, -0.05) is 12.1 Å². The first kappa shape index (κ1) is 8.78. The van der Waals surface area contributed by atoms with Crippen LogP contribution >= 0.6 is 15.9 Å². The number of aromatic nitrogens is 1. The van der Waals surface area contributed by atoms with E-state index in [2.05, 4.69) is 20.9 Å². The van der Waals surface area contributed by atoms with Crippen LogP contribution in [0.25, 0.3) is 10.9 Å². The number of aromatic amines is 1. The van der Waals surface area contributed by atoms with Crippen LogP contribution in [0.3, 0.4) is 0 Å². The molecule has 0 radical (unpaired) electrons. The maximum absolute atomic E-state index is 9.37. The Morgan fingerprint density at radius 1 is 1.46 bits per heavy atom. The van der Waals surface area contributed by atoms with Crippen LogP contribution in [0.1, 0.15) is 18.7 Å². The smallest absolute Gasteiger partial charge is 0.0910 e. The minimum absolute atomic E-state index is 0.445. The Morgan fingerprint density at radius 3 is 2.85 bits per heavy atom. The first-order valence-electron chi connectivity index (χ1n) is 4.13. The highest BCUT2D eigenvalue weighted by Crippen LogP contribution is 2.25. The third-order valence-electron chi connectivity index (χ3n) is 2.08. The molecule has 1 heterocycles. The Kier molecular flexibility index (Phi) is 2.14. The largest absolute Gasteiger partial charge is 0.387 e. The number of H-pyrrole nitrogens is 1. The van der Waals surface area contributed by atoms with Crippen molar-refractivity contribution in [2.45, 2.75) is 13.0 Å². The van der Waals surface area contributed by atoms with Crippen molar-refractivity contribution >= 4 is 26.8 Å². The molecule has 0 saturated carbocycles. The second-order valence-corrected chi connectivity index (χ2v) is 3.96. The van der Waals surface area contributed by atoms with Gasteiger partial charge in [-0.3, -0.25) is 0 Å². The van der Waals surface area contributed by atoms with Gasteiger partial charge < -0.3 is 10.1 Å². The molecule has 0 spiro atoms. The van der Waals surface area contributed by atoms with E-state index in [4.69, 9.17) is 0 Å². The summed E-state index contributed by atoms with van der Waals surface area (Å²) in [6.07, 6.45) is -0.445. The summed E-state index contributed by atoms with van der Waals surface area (Å²) in [4.78, 5) is 3.17. The fourth-order valence-electron chi connectivity index (χ4n) is 1.37. The summed E-state index contributed by atoms with van der Waals surface area (Å²) in [6, 6.07) is 7.93. The average molecular weight is 240 g/mol. The van der Waals surface area contributed by atoms with Crippen LogP contribution in [-0.4, -0.2) is 10.1 Å². The zero-order valence-corrected chi connectivity index (χ0v) is 8.80. The van der Waals surface area contributed by atoms with Crippen molar-refractivity contribution in [1.29, 1.82) is 0 Å². The van der Waals surface area contributed by atoms with Gasteiger partial charge in [0.25, 0.3) is 0 Å². The fraction of sp³-hybridized carbons (Fsp3) is 0.200. The minimum atomic E-state index is -0.445. The van der Waals surface area contributed by atoms with Crippen molar-refractivity contribution in [2.75, 3.05) is 0 Å². The molecule has 68 valence electrons. The number of hydrogen-bond donors (Lipinski definition) is 2. The lowest BCUT2D eigenvalue weighted by molar-refractivity contribution is 0.195. The highest BCUT2D eigenvalue weighted by atomic mass is 79.9. The van der Waals surface area contributed by atoms with E-state index in [1.54, 1.807) is 6.92 Å². The summed E-state index contributed by atoms with van der Waals surface area (Å²) in [5, 5.41) is 10.5. The molecule has 0 aliphatic carbocycles. The SMILES string of the molecule is CC(O)c1cc2cccc(Br)c2[nH]1. The second kappa shape index (κ2) is 3.16. The zero-order chi connectivity index (χ0) is 9.42. The highest BCUT2D eigenvalue weighted by Gasteiger charge is 2.06. The molecule has 0 amide bonds. The fourth-order valence-corrected chi connectivity index (χ4v) is 1.85. The van der Waals surface area contributed by atoms with Crippen molar-refractivity contribution in [2.24, 2.45) is 0 Å². The van der Waals surface area contributed by atoms with Crippen molar-refractivity contribution in [1.82, 2.24) is 4.98 Å². The van der Waals surface area contributed by atoms with Gasteiger partial charge in [-0.05, 0) is 35.0 Å². The van der Waals surface area contributed by atoms with Crippen LogP contribution in [0.15, 0.2) is 28.7 Å². The minimum Gasteiger partial charge on any atom is -0.387 e. The van der Waals surface area contributed by atoms with Crippen molar-refractivity contribution in [3.05, 3.63) is 34.4 Å². The second-order valence-electron chi connectivity index (χ2n) is 3.10. The number of hydrogen-bond acceptors (Lipinski definition) is 1. The van der Waals surface area contributed by atoms with E-state index in [0.717, 1.165) is 21.1 Å². The Labute approximate surface area is 84.7 Å². The van der Waals surface area contributed by atoms with Gasteiger partial charge in [-0.2, -0.15) is 0 Å². The summed E-state index contributed by atoms with van der Waals surface area (Å²) in [7, 11) is 0. The molecule has 3 heteroatoms. The molecule has 2 nitrogen and oxygen atoms in total. The molecule has 1 aromatic heterocycles. The van der Waals surface area contributed by atoms with Gasteiger partial charge in [0.05, 0.1) is 11.6 Å². The Bertz CT molecular complexity index is 433. The molecular weight excluding hydrogens is 230 g/mol. The molecule has 0 saturated heterocycles. The third-order valence-corrected chi connectivity index (χ3v) is 2.74.